The van der Waals surface area contributed by atoms with E-state index < -0.39 is 11.9 Å². The van der Waals surface area contributed by atoms with Crippen LogP contribution in [0.25, 0.3) is 0 Å². The van der Waals surface area contributed by atoms with Crippen molar-refractivity contribution in [1.29, 1.82) is 0 Å². The molecular formula is C15H21FO2. The van der Waals surface area contributed by atoms with Crippen LogP contribution in [0.5, 0.6) is 5.75 Å². The second kappa shape index (κ2) is 5.70. The van der Waals surface area contributed by atoms with Gasteiger partial charge in [0.15, 0.2) is 0 Å². The zero-order chi connectivity index (χ0) is 13.1. The fourth-order valence-electron chi connectivity index (χ4n) is 2.60. The molecule has 2 rings (SSSR count). The van der Waals surface area contributed by atoms with E-state index in [9.17, 15) is 9.50 Å². The first kappa shape index (κ1) is 13.3. The first-order chi connectivity index (χ1) is 8.56. The van der Waals surface area contributed by atoms with Gasteiger partial charge in [0, 0.05) is 11.6 Å². The average molecular weight is 252 g/mol. The summed E-state index contributed by atoms with van der Waals surface area (Å²) in [6.45, 7) is 3.79. The van der Waals surface area contributed by atoms with Gasteiger partial charge in [-0.05, 0) is 44.2 Å². The van der Waals surface area contributed by atoms with Crippen LogP contribution in [0.4, 0.5) is 4.39 Å². The lowest BCUT2D eigenvalue weighted by molar-refractivity contribution is 0.128. The Hall–Kier alpha value is -1.09. The molecular weight excluding hydrogens is 231 g/mol. The summed E-state index contributed by atoms with van der Waals surface area (Å²) in [7, 11) is 0. The van der Waals surface area contributed by atoms with Crippen molar-refractivity contribution in [2.24, 2.45) is 5.92 Å². The van der Waals surface area contributed by atoms with E-state index in [0.29, 0.717) is 17.2 Å². The molecule has 3 atom stereocenters. The monoisotopic (exact) mass is 252 g/mol. The molecule has 0 aromatic heterocycles. The van der Waals surface area contributed by atoms with Gasteiger partial charge in [0.25, 0.3) is 0 Å². The van der Waals surface area contributed by atoms with Gasteiger partial charge in [0.2, 0.25) is 0 Å². The van der Waals surface area contributed by atoms with Crippen LogP contribution in [0, 0.1) is 11.7 Å². The Kier molecular flexibility index (Phi) is 4.23. The number of aliphatic hydroxyl groups excluding tert-OH is 1. The molecule has 1 fully saturated rings. The molecule has 1 N–H and O–H groups in total. The lowest BCUT2D eigenvalue weighted by atomic mass is 9.89. The summed E-state index contributed by atoms with van der Waals surface area (Å²) in [5.41, 5.74) is 0.319. The SMILES string of the molecule is CC1CCCC(Oc2ccc([C@H](C)O)c(F)c2)C1. The van der Waals surface area contributed by atoms with E-state index in [-0.39, 0.29) is 6.10 Å². The van der Waals surface area contributed by atoms with Crippen LogP contribution in [0.2, 0.25) is 0 Å². The van der Waals surface area contributed by atoms with E-state index in [0.717, 1.165) is 12.8 Å². The predicted octanol–water partition coefficient (Wildman–Crippen LogP) is 3.84. The molecule has 0 amide bonds. The van der Waals surface area contributed by atoms with E-state index in [1.165, 1.54) is 18.9 Å². The molecule has 1 aliphatic rings. The van der Waals surface area contributed by atoms with Crippen LogP contribution in [-0.4, -0.2) is 11.2 Å². The largest absolute Gasteiger partial charge is 0.490 e. The van der Waals surface area contributed by atoms with Crippen LogP contribution >= 0.6 is 0 Å². The smallest absolute Gasteiger partial charge is 0.132 e. The van der Waals surface area contributed by atoms with E-state index >= 15 is 0 Å². The van der Waals surface area contributed by atoms with E-state index in [2.05, 4.69) is 6.92 Å². The summed E-state index contributed by atoms with van der Waals surface area (Å²) in [5.74, 6) is 0.854. The maximum atomic E-state index is 13.7. The number of aliphatic hydroxyl groups is 1. The molecule has 0 heterocycles. The maximum Gasteiger partial charge on any atom is 0.132 e. The minimum Gasteiger partial charge on any atom is -0.490 e. The van der Waals surface area contributed by atoms with Gasteiger partial charge in [-0.2, -0.15) is 0 Å². The summed E-state index contributed by atoms with van der Waals surface area (Å²) in [4.78, 5) is 0. The van der Waals surface area contributed by atoms with Crippen molar-refractivity contribution in [3.63, 3.8) is 0 Å². The van der Waals surface area contributed by atoms with Gasteiger partial charge in [-0.25, -0.2) is 4.39 Å². The Morgan fingerprint density at radius 2 is 2.17 bits per heavy atom. The van der Waals surface area contributed by atoms with Crippen LogP contribution in [0.1, 0.15) is 51.2 Å². The topological polar surface area (TPSA) is 29.5 Å². The van der Waals surface area contributed by atoms with Gasteiger partial charge in [0.05, 0.1) is 12.2 Å². The maximum absolute atomic E-state index is 13.7. The van der Waals surface area contributed by atoms with E-state index in [1.54, 1.807) is 19.1 Å². The fourth-order valence-corrected chi connectivity index (χ4v) is 2.60. The second-order valence-corrected chi connectivity index (χ2v) is 5.37. The van der Waals surface area contributed by atoms with Crippen molar-refractivity contribution >= 4 is 0 Å². The minimum atomic E-state index is -0.784. The third-order valence-electron chi connectivity index (χ3n) is 3.61. The molecule has 2 nitrogen and oxygen atoms in total. The highest BCUT2D eigenvalue weighted by molar-refractivity contribution is 5.30. The molecule has 100 valence electrons. The van der Waals surface area contributed by atoms with Gasteiger partial charge in [-0.3, -0.25) is 0 Å². The molecule has 18 heavy (non-hydrogen) atoms. The van der Waals surface area contributed by atoms with Crippen molar-refractivity contribution in [2.45, 2.75) is 51.7 Å². The highest BCUT2D eigenvalue weighted by Crippen LogP contribution is 2.28. The van der Waals surface area contributed by atoms with Crippen LogP contribution in [-0.2, 0) is 0 Å². The summed E-state index contributed by atoms with van der Waals surface area (Å²) < 4.78 is 19.5. The number of hydrogen-bond donors (Lipinski definition) is 1. The number of halogens is 1. The molecule has 0 bridgehead atoms. The number of ether oxygens (including phenoxy) is 1. The average Bonchev–Trinajstić information content (AvgIpc) is 2.28. The molecule has 0 radical (unpaired) electrons. The van der Waals surface area contributed by atoms with Gasteiger partial charge < -0.3 is 9.84 Å². The molecule has 3 heteroatoms. The van der Waals surface area contributed by atoms with Crippen molar-refractivity contribution in [2.75, 3.05) is 0 Å². The lowest BCUT2D eigenvalue weighted by Crippen LogP contribution is -2.24. The van der Waals surface area contributed by atoms with E-state index in [4.69, 9.17) is 4.74 Å². The van der Waals surface area contributed by atoms with Crippen molar-refractivity contribution in [3.05, 3.63) is 29.6 Å². The Bertz CT molecular complexity index is 403. The number of rotatable bonds is 3. The fraction of sp³-hybridized carbons (Fsp3) is 0.600. The first-order valence-corrected chi connectivity index (χ1v) is 6.70. The molecule has 0 aliphatic heterocycles. The number of hydrogen-bond acceptors (Lipinski definition) is 2. The van der Waals surface area contributed by atoms with Gasteiger partial charge in [-0.15, -0.1) is 0 Å². The molecule has 1 aromatic rings. The second-order valence-electron chi connectivity index (χ2n) is 5.37. The van der Waals surface area contributed by atoms with Gasteiger partial charge in [0.1, 0.15) is 11.6 Å². The van der Waals surface area contributed by atoms with Crippen LogP contribution < -0.4 is 4.74 Å². The quantitative estimate of drug-likeness (QED) is 0.885. The zero-order valence-electron chi connectivity index (χ0n) is 11.0. The van der Waals surface area contributed by atoms with E-state index in [1.807, 2.05) is 0 Å². The molecule has 0 saturated heterocycles. The van der Waals surface area contributed by atoms with Gasteiger partial charge in [-0.1, -0.05) is 13.3 Å². The van der Waals surface area contributed by atoms with Crippen molar-refractivity contribution in [1.82, 2.24) is 0 Å². The summed E-state index contributed by atoms with van der Waals surface area (Å²) in [6, 6.07) is 4.72. The minimum absolute atomic E-state index is 0.200. The third kappa shape index (κ3) is 3.22. The van der Waals surface area contributed by atoms with Crippen molar-refractivity contribution < 1.29 is 14.2 Å². The van der Waals surface area contributed by atoms with Gasteiger partial charge >= 0.3 is 0 Å². The molecule has 1 saturated carbocycles. The van der Waals surface area contributed by atoms with Crippen LogP contribution in [0.15, 0.2) is 18.2 Å². The molecule has 1 aromatic carbocycles. The molecule has 1 aliphatic carbocycles. The Morgan fingerprint density at radius 1 is 1.39 bits per heavy atom. The van der Waals surface area contributed by atoms with Crippen LogP contribution in [0.3, 0.4) is 0 Å². The highest BCUT2D eigenvalue weighted by Gasteiger charge is 2.20. The summed E-state index contributed by atoms with van der Waals surface area (Å²) >= 11 is 0. The van der Waals surface area contributed by atoms with Crippen molar-refractivity contribution in [3.8, 4) is 5.75 Å². The Morgan fingerprint density at radius 3 is 2.78 bits per heavy atom. The summed E-state index contributed by atoms with van der Waals surface area (Å²) in [5, 5.41) is 9.37. The standard InChI is InChI=1S/C15H21FO2/c1-10-4-3-5-12(8-10)18-13-6-7-14(11(2)17)15(16)9-13/h6-7,9-12,17H,3-5,8H2,1-2H3/t10?,11-,12?/m0/s1. The number of benzene rings is 1. The predicted molar refractivity (Wildman–Crippen MR) is 69.1 cm³/mol. The third-order valence-corrected chi connectivity index (χ3v) is 3.61. The lowest BCUT2D eigenvalue weighted by Gasteiger charge is -2.27. The zero-order valence-corrected chi connectivity index (χ0v) is 11.0. The Balaban J connectivity index is 2.03. The first-order valence-electron chi connectivity index (χ1n) is 6.70. The molecule has 2 unspecified atom stereocenters. The molecule has 0 spiro atoms. The Labute approximate surface area is 108 Å². The normalized spacial score (nSPS) is 25.8. The summed E-state index contributed by atoms with van der Waals surface area (Å²) in [6.07, 6.45) is 3.94. The highest BCUT2D eigenvalue weighted by atomic mass is 19.1.